The Morgan fingerprint density at radius 2 is 2.11 bits per heavy atom. The Labute approximate surface area is 102 Å². The monoisotopic (exact) mass is 256 g/mol. The van der Waals surface area contributed by atoms with E-state index >= 15 is 0 Å². The van der Waals surface area contributed by atoms with E-state index in [9.17, 15) is 25.1 Å². The first-order chi connectivity index (χ1) is 8.40. The summed E-state index contributed by atoms with van der Waals surface area (Å²) >= 11 is 0. The average molecular weight is 256 g/mol. The van der Waals surface area contributed by atoms with Crippen molar-refractivity contribution in [1.29, 1.82) is 0 Å². The molecule has 0 amide bonds. The number of hydrogen-bond donors (Lipinski definition) is 3. The summed E-state index contributed by atoms with van der Waals surface area (Å²) in [6.45, 7) is 0. The van der Waals surface area contributed by atoms with Gasteiger partial charge in [0.1, 0.15) is 11.8 Å². The Morgan fingerprint density at radius 1 is 1.50 bits per heavy atom. The Bertz CT molecular complexity index is 475. The summed E-state index contributed by atoms with van der Waals surface area (Å²) in [5.41, 5.74) is 4.45. The van der Waals surface area contributed by atoms with Gasteiger partial charge in [0.2, 0.25) is 0 Å². The lowest BCUT2D eigenvalue weighted by Gasteiger charge is -2.16. The van der Waals surface area contributed by atoms with E-state index in [1.165, 1.54) is 18.2 Å². The van der Waals surface area contributed by atoms with Gasteiger partial charge < -0.3 is 20.7 Å². The van der Waals surface area contributed by atoms with Gasteiger partial charge in [-0.15, -0.1) is 0 Å². The summed E-state index contributed by atoms with van der Waals surface area (Å²) in [6, 6.07) is 3.84. The van der Waals surface area contributed by atoms with Gasteiger partial charge in [-0.05, 0) is 12.1 Å². The van der Waals surface area contributed by atoms with Crippen molar-refractivity contribution in [2.45, 2.75) is 12.2 Å². The van der Waals surface area contributed by atoms with Crippen LogP contribution in [-0.4, -0.2) is 34.3 Å². The summed E-state index contributed by atoms with van der Waals surface area (Å²) in [5, 5.41) is 30.0. The Morgan fingerprint density at radius 3 is 2.61 bits per heavy atom. The number of ether oxygens (including phenoxy) is 1. The van der Waals surface area contributed by atoms with Crippen LogP contribution in [-0.2, 0) is 9.53 Å². The number of para-hydroxylation sites is 1. The number of nitrogen functional groups attached to an aromatic ring is 1. The molecule has 98 valence electrons. The average Bonchev–Trinajstić information content (AvgIpc) is 2.35. The molecule has 0 aliphatic rings. The lowest BCUT2D eigenvalue weighted by Crippen LogP contribution is -2.29. The van der Waals surface area contributed by atoms with Crippen molar-refractivity contribution in [3.63, 3.8) is 0 Å². The van der Waals surface area contributed by atoms with Crippen LogP contribution in [0.1, 0.15) is 11.7 Å². The number of benzene rings is 1. The molecule has 0 radical (unpaired) electrons. The normalized spacial score (nSPS) is 13.7. The predicted octanol–water partition coefficient (Wildman–Crippen LogP) is -0.256. The van der Waals surface area contributed by atoms with E-state index in [-0.39, 0.29) is 11.3 Å². The van der Waals surface area contributed by atoms with Gasteiger partial charge in [-0.3, -0.25) is 10.1 Å². The topological polar surface area (TPSA) is 136 Å². The summed E-state index contributed by atoms with van der Waals surface area (Å²) in [5.74, 6) is -1.10. The zero-order chi connectivity index (χ0) is 13.9. The van der Waals surface area contributed by atoms with E-state index in [1.807, 2.05) is 0 Å². The van der Waals surface area contributed by atoms with E-state index in [0.29, 0.717) is 0 Å². The van der Waals surface area contributed by atoms with Crippen molar-refractivity contribution in [3.8, 4) is 0 Å². The summed E-state index contributed by atoms with van der Waals surface area (Å²) in [4.78, 5) is 21.1. The molecule has 0 saturated carbocycles. The maximum absolute atomic E-state index is 11.1. The minimum absolute atomic E-state index is 0.173. The Hall–Kier alpha value is -2.19. The van der Waals surface area contributed by atoms with Gasteiger partial charge in [-0.2, -0.15) is 0 Å². The van der Waals surface area contributed by atoms with Crippen molar-refractivity contribution in [2.75, 3.05) is 12.8 Å². The number of nitrogens with two attached hydrogens (primary N) is 1. The number of esters is 1. The number of nitro groups is 1. The van der Waals surface area contributed by atoms with Gasteiger partial charge in [0.25, 0.3) is 5.69 Å². The molecule has 18 heavy (non-hydrogen) atoms. The number of aliphatic hydroxyl groups excluding tert-OH is 2. The zero-order valence-electron chi connectivity index (χ0n) is 9.44. The Balaban J connectivity index is 3.21. The van der Waals surface area contributed by atoms with Crippen molar-refractivity contribution in [2.24, 2.45) is 0 Å². The molecule has 0 aromatic heterocycles. The third-order valence-electron chi connectivity index (χ3n) is 2.34. The highest BCUT2D eigenvalue weighted by atomic mass is 16.6. The van der Waals surface area contributed by atoms with E-state index in [2.05, 4.69) is 4.74 Å². The lowest BCUT2D eigenvalue weighted by atomic mass is 10.0. The van der Waals surface area contributed by atoms with E-state index in [4.69, 9.17) is 5.73 Å². The first-order valence-corrected chi connectivity index (χ1v) is 4.87. The highest BCUT2D eigenvalue weighted by molar-refractivity contribution is 5.76. The van der Waals surface area contributed by atoms with E-state index < -0.39 is 28.8 Å². The second-order valence-electron chi connectivity index (χ2n) is 3.46. The largest absolute Gasteiger partial charge is 0.467 e. The minimum atomic E-state index is -1.92. The summed E-state index contributed by atoms with van der Waals surface area (Å²) in [7, 11) is 1.02. The lowest BCUT2D eigenvalue weighted by molar-refractivity contribution is -0.385. The number of anilines is 1. The molecule has 2 unspecified atom stereocenters. The zero-order valence-corrected chi connectivity index (χ0v) is 9.44. The maximum Gasteiger partial charge on any atom is 0.337 e. The van der Waals surface area contributed by atoms with Crippen LogP contribution in [0.15, 0.2) is 18.2 Å². The van der Waals surface area contributed by atoms with Crippen molar-refractivity contribution < 1.29 is 24.7 Å². The minimum Gasteiger partial charge on any atom is -0.467 e. The second kappa shape index (κ2) is 5.43. The van der Waals surface area contributed by atoms with Crippen LogP contribution in [0, 0.1) is 10.1 Å². The molecule has 0 fully saturated rings. The van der Waals surface area contributed by atoms with Crippen LogP contribution in [0.5, 0.6) is 0 Å². The number of aliphatic hydroxyl groups is 2. The molecule has 1 aromatic rings. The standard InChI is InChI=1S/C10H12N2O6/c1-18-10(15)9(14)8(13)5-3-2-4-6(11)7(5)12(16)17/h2-4,8-9,13-14H,11H2,1H3. The van der Waals surface area contributed by atoms with Crippen LogP contribution >= 0.6 is 0 Å². The number of hydrogen-bond acceptors (Lipinski definition) is 7. The molecular formula is C10H12N2O6. The quantitative estimate of drug-likeness (QED) is 0.292. The molecule has 8 heteroatoms. The predicted molar refractivity (Wildman–Crippen MR) is 60.5 cm³/mol. The van der Waals surface area contributed by atoms with Crippen LogP contribution in [0.2, 0.25) is 0 Å². The van der Waals surface area contributed by atoms with Crippen molar-refractivity contribution in [1.82, 2.24) is 0 Å². The number of carbonyl (C=O) groups excluding carboxylic acids is 1. The second-order valence-corrected chi connectivity index (χ2v) is 3.46. The van der Waals surface area contributed by atoms with Gasteiger partial charge in [0, 0.05) is 0 Å². The molecule has 0 aliphatic carbocycles. The van der Waals surface area contributed by atoms with Gasteiger partial charge in [-0.1, -0.05) is 6.07 Å². The highest BCUT2D eigenvalue weighted by Crippen LogP contribution is 2.32. The third-order valence-corrected chi connectivity index (χ3v) is 2.34. The molecule has 0 bridgehead atoms. The fraction of sp³-hybridized carbons (Fsp3) is 0.300. The number of rotatable bonds is 4. The molecular weight excluding hydrogens is 244 g/mol. The molecule has 1 rings (SSSR count). The van der Waals surface area contributed by atoms with Crippen LogP contribution in [0.4, 0.5) is 11.4 Å². The fourth-order valence-electron chi connectivity index (χ4n) is 1.45. The molecule has 0 spiro atoms. The molecule has 4 N–H and O–H groups in total. The number of methoxy groups -OCH3 is 1. The molecule has 0 aliphatic heterocycles. The highest BCUT2D eigenvalue weighted by Gasteiger charge is 2.32. The van der Waals surface area contributed by atoms with Crippen LogP contribution in [0.3, 0.4) is 0 Å². The number of carbonyl (C=O) groups is 1. The van der Waals surface area contributed by atoms with E-state index in [0.717, 1.165) is 7.11 Å². The van der Waals surface area contributed by atoms with Crippen molar-refractivity contribution >= 4 is 17.3 Å². The van der Waals surface area contributed by atoms with Crippen molar-refractivity contribution in [3.05, 3.63) is 33.9 Å². The molecule has 2 atom stereocenters. The van der Waals surface area contributed by atoms with Gasteiger partial charge in [-0.25, -0.2) is 4.79 Å². The molecule has 1 aromatic carbocycles. The van der Waals surface area contributed by atoms with Gasteiger partial charge in [0.15, 0.2) is 6.10 Å². The van der Waals surface area contributed by atoms with Crippen LogP contribution < -0.4 is 5.73 Å². The van der Waals surface area contributed by atoms with Crippen LogP contribution in [0.25, 0.3) is 0 Å². The van der Waals surface area contributed by atoms with E-state index in [1.54, 1.807) is 0 Å². The first kappa shape index (κ1) is 13.9. The molecule has 8 nitrogen and oxygen atoms in total. The number of nitrogens with zero attached hydrogens (tertiary/aromatic N) is 1. The summed E-state index contributed by atoms with van der Waals surface area (Å²) in [6.07, 6.45) is -3.71. The molecule has 0 heterocycles. The first-order valence-electron chi connectivity index (χ1n) is 4.87. The van der Waals surface area contributed by atoms with Gasteiger partial charge >= 0.3 is 5.97 Å². The Kier molecular flexibility index (Phi) is 4.18. The maximum atomic E-state index is 11.1. The molecule has 0 saturated heterocycles. The van der Waals surface area contributed by atoms with Gasteiger partial charge in [0.05, 0.1) is 17.6 Å². The smallest absolute Gasteiger partial charge is 0.337 e. The summed E-state index contributed by atoms with van der Waals surface area (Å²) < 4.78 is 4.24. The third kappa shape index (κ3) is 2.55. The fourth-order valence-corrected chi connectivity index (χ4v) is 1.45. The number of nitro benzene ring substituents is 1. The SMILES string of the molecule is COC(=O)C(O)C(O)c1cccc(N)c1[N+](=O)[O-].